The van der Waals surface area contributed by atoms with E-state index in [4.69, 9.17) is 16.2 Å². The minimum atomic E-state index is -0.0677. The van der Waals surface area contributed by atoms with Crippen LogP contribution in [0.2, 0.25) is 0 Å². The smallest absolute Gasteiger partial charge is 0.0718 e. The molecule has 4 nitrogen and oxygen atoms in total. The molecule has 1 atom stereocenters. The molecule has 0 aliphatic carbocycles. The van der Waals surface area contributed by atoms with Crippen LogP contribution in [0.4, 0.5) is 0 Å². The van der Waals surface area contributed by atoms with E-state index in [1.807, 2.05) is 12.1 Å². The Bertz CT molecular complexity index is 228. The largest absolute Gasteiger partial charge is 0.375 e. The summed E-state index contributed by atoms with van der Waals surface area (Å²) in [6, 6.07) is 3.75. The molecule has 1 heterocycles. The van der Waals surface area contributed by atoms with Crippen LogP contribution < -0.4 is 11.5 Å². The fourth-order valence-corrected chi connectivity index (χ4v) is 0.875. The summed E-state index contributed by atoms with van der Waals surface area (Å²) in [5, 5.41) is 0. The Labute approximate surface area is 77.9 Å². The number of hydrogen-bond donors (Lipinski definition) is 2. The van der Waals surface area contributed by atoms with Crippen LogP contribution in [0.15, 0.2) is 24.5 Å². The lowest BCUT2D eigenvalue weighted by Crippen LogP contribution is -2.34. The van der Waals surface area contributed by atoms with Crippen molar-refractivity contribution in [3.05, 3.63) is 30.1 Å². The van der Waals surface area contributed by atoms with Gasteiger partial charge in [0.25, 0.3) is 0 Å². The van der Waals surface area contributed by atoms with Gasteiger partial charge in [-0.2, -0.15) is 0 Å². The molecule has 1 aromatic heterocycles. The molecule has 0 radical (unpaired) electrons. The molecule has 1 unspecified atom stereocenters. The summed E-state index contributed by atoms with van der Waals surface area (Å²) in [7, 11) is 0. The summed E-state index contributed by atoms with van der Waals surface area (Å²) in [5.41, 5.74) is 12.0. The third kappa shape index (κ3) is 3.98. The van der Waals surface area contributed by atoms with Crippen molar-refractivity contribution >= 4 is 0 Å². The van der Waals surface area contributed by atoms with Gasteiger partial charge in [0, 0.05) is 25.0 Å². The minimum Gasteiger partial charge on any atom is -0.375 e. The van der Waals surface area contributed by atoms with Gasteiger partial charge < -0.3 is 16.2 Å². The minimum absolute atomic E-state index is 0.0677. The number of ether oxygens (including phenoxy) is 1. The predicted octanol–water partition coefficient (Wildman–Crippen LogP) is -0.116. The van der Waals surface area contributed by atoms with Gasteiger partial charge in [0.2, 0.25) is 0 Å². The first-order valence-corrected chi connectivity index (χ1v) is 4.25. The molecule has 0 amide bonds. The lowest BCUT2D eigenvalue weighted by Gasteiger charge is -2.08. The molecule has 0 aromatic carbocycles. The molecule has 0 fully saturated rings. The first-order chi connectivity index (χ1) is 6.33. The summed E-state index contributed by atoms with van der Waals surface area (Å²) < 4.78 is 5.34. The zero-order valence-corrected chi connectivity index (χ0v) is 7.52. The third-order valence-corrected chi connectivity index (χ3v) is 1.65. The van der Waals surface area contributed by atoms with E-state index in [1.165, 1.54) is 0 Å². The highest BCUT2D eigenvalue weighted by molar-refractivity contribution is 5.07. The Morgan fingerprint density at radius 3 is 2.69 bits per heavy atom. The lowest BCUT2D eigenvalue weighted by atomic mass is 10.3. The molecule has 0 spiro atoms. The molecule has 0 bridgehead atoms. The third-order valence-electron chi connectivity index (χ3n) is 1.65. The summed E-state index contributed by atoms with van der Waals surface area (Å²) >= 11 is 0. The molecule has 0 saturated heterocycles. The lowest BCUT2D eigenvalue weighted by molar-refractivity contribution is 0.109. The summed E-state index contributed by atoms with van der Waals surface area (Å²) in [4.78, 5) is 3.90. The van der Waals surface area contributed by atoms with Crippen LogP contribution in [-0.2, 0) is 11.3 Å². The van der Waals surface area contributed by atoms with Crippen molar-refractivity contribution in [3.63, 3.8) is 0 Å². The van der Waals surface area contributed by atoms with Crippen LogP contribution in [-0.4, -0.2) is 24.2 Å². The molecular weight excluding hydrogens is 166 g/mol. The standard InChI is InChI=1S/C9H15N3O/c10-5-9(11)7-13-6-8-1-3-12-4-2-8/h1-4,9H,5-7,10-11H2. The second kappa shape index (κ2) is 5.64. The number of rotatable bonds is 5. The number of nitrogens with zero attached hydrogens (tertiary/aromatic N) is 1. The molecule has 0 saturated carbocycles. The SMILES string of the molecule is NCC(N)COCc1ccncc1. The van der Waals surface area contributed by atoms with Gasteiger partial charge in [0.1, 0.15) is 0 Å². The number of pyridine rings is 1. The van der Waals surface area contributed by atoms with Crippen LogP contribution in [0.25, 0.3) is 0 Å². The molecule has 1 aromatic rings. The summed E-state index contributed by atoms with van der Waals surface area (Å²) in [6.07, 6.45) is 3.48. The van der Waals surface area contributed by atoms with Crippen LogP contribution in [0.1, 0.15) is 5.56 Å². The average molecular weight is 181 g/mol. The number of hydrogen-bond acceptors (Lipinski definition) is 4. The van der Waals surface area contributed by atoms with Crippen molar-refractivity contribution in [3.8, 4) is 0 Å². The molecular formula is C9H15N3O. The molecule has 4 N–H and O–H groups in total. The van der Waals surface area contributed by atoms with Crippen molar-refractivity contribution < 1.29 is 4.74 Å². The first kappa shape index (κ1) is 10.1. The maximum Gasteiger partial charge on any atom is 0.0718 e. The first-order valence-electron chi connectivity index (χ1n) is 4.25. The number of aromatic nitrogens is 1. The van der Waals surface area contributed by atoms with Gasteiger partial charge in [-0.15, -0.1) is 0 Å². The van der Waals surface area contributed by atoms with Crippen LogP contribution in [0.3, 0.4) is 0 Å². The molecule has 13 heavy (non-hydrogen) atoms. The normalized spacial score (nSPS) is 12.8. The van der Waals surface area contributed by atoms with Crippen molar-refractivity contribution in [1.29, 1.82) is 0 Å². The highest BCUT2D eigenvalue weighted by Crippen LogP contribution is 1.98. The van der Waals surface area contributed by atoms with E-state index in [1.54, 1.807) is 12.4 Å². The van der Waals surface area contributed by atoms with E-state index < -0.39 is 0 Å². The van der Waals surface area contributed by atoms with Crippen molar-refractivity contribution in [1.82, 2.24) is 4.98 Å². The van der Waals surface area contributed by atoms with Gasteiger partial charge in [-0.05, 0) is 17.7 Å². The topological polar surface area (TPSA) is 74.2 Å². The molecule has 0 aliphatic heterocycles. The fourth-order valence-electron chi connectivity index (χ4n) is 0.875. The van der Waals surface area contributed by atoms with Crippen molar-refractivity contribution in [2.75, 3.05) is 13.2 Å². The Balaban J connectivity index is 2.20. The maximum absolute atomic E-state index is 5.57. The summed E-state index contributed by atoms with van der Waals surface area (Å²) in [6.45, 7) is 1.52. The zero-order valence-electron chi connectivity index (χ0n) is 7.52. The highest BCUT2D eigenvalue weighted by Gasteiger charge is 1.98. The quantitative estimate of drug-likeness (QED) is 0.664. The highest BCUT2D eigenvalue weighted by atomic mass is 16.5. The summed E-state index contributed by atoms with van der Waals surface area (Å²) in [5.74, 6) is 0. The monoisotopic (exact) mass is 181 g/mol. The second-order valence-electron chi connectivity index (χ2n) is 2.87. The van der Waals surface area contributed by atoms with Gasteiger partial charge in [-0.1, -0.05) is 0 Å². The molecule has 1 rings (SSSR count). The number of nitrogens with two attached hydrogens (primary N) is 2. The van der Waals surface area contributed by atoms with E-state index in [0.717, 1.165) is 5.56 Å². The van der Waals surface area contributed by atoms with E-state index in [9.17, 15) is 0 Å². The van der Waals surface area contributed by atoms with Gasteiger partial charge in [-0.25, -0.2) is 0 Å². The zero-order chi connectivity index (χ0) is 9.52. The van der Waals surface area contributed by atoms with Gasteiger partial charge in [0.15, 0.2) is 0 Å². The maximum atomic E-state index is 5.57. The van der Waals surface area contributed by atoms with E-state index >= 15 is 0 Å². The molecule has 0 aliphatic rings. The average Bonchev–Trinajstić information content (AvgIpc) is 2.19. The van der Waals surface area contributed by atoms with Gasteiger partial charge in [-0.3, -0.25) is 4.98 Å². The Kier molecular flexibility index (Phi) is 4.39. The Morgan fingerprint density at radius 1 is 1.38 bits per heavy atom. The van der Waals surface area contributed by atoms with Gasteiger partial charge in [0.05, 0.1) is 13.2 Å². The Morgan fingerprint density at radius 2 is 2.08 bits per heavy atom. The van der Waals surface area contributed by atoms with Crippen molar-refractivity contribution in [2.45, 2.75) is 12.6 Å². The van der Waals surface area contributed by atoms with Gasteiger partial charge >= 0.3 is 0 Å². The van der Waals surface area contributed by atoms with E-state index in [0.29, 0.717) is 19.8 Å². The Hall–Kier alpha value is -0.970. The van der Waals surface area contributed by atoms with Crippen molar-refractivity contribution in [2.24, 2.45) is 11.5 Å². The predicted molar refractivity (Wildman–Crippen MR) is 50.9 cm³/mol. The fraction of sp³-hybridized carbons (Fsp3) is 0.444. The second-order valence-corrected chi connectivity index (χ2v) is 2.87. The van der Waals surface area contributed by atoms with E-state index in [-0.39, 0.29) is 6.04 Å². The van der Waals surface area contributed by atoms with Crippen LogP contribution in [0, 0.1) is 0 Å². The molecule has 72 valence electrons. The molecule has 4 heteroatoms. The van der Waals surface area contributed by atoms with Crippen LogP contribution in [0.5, 0.6) is 0 Å². The van der Waals surface area contributed by atoms with Crippen LogP contribution >= 0.6 is 0 Å². The van der Waals surface area contributed by atoms with E-state index in [2.05, 4.69) is 4.98 Å².